The first-order valence-corrected chi connectivity index (χ1v) is 6.03. The van der Waals surface area contributed by atoms with E-state index in [2.05, 4.69) is 20.9 Å². The summed E-state index contributed by atoms with van der Waals surface area (Å²) in [6.07, 6.45) is 0. The van der Waals surface area contributed by atoms with Crippen molar-refractivity contribution in [2.75, 3.05) is 7.11 Å². The Labute approximate surface area is 103 Å². The molecule has 0 amide bonds. The van der Waals surface area contributed by atoms with Crippen molar-refractivity contribution < 1.29 is 9.15 Å². The number of aromatic nitrogens is 1. The molecule has 0 saturated heterocycles. The number of aryl methyl sites for hydroxylation is 1. The Morgan fingerprint density at radius 2 is 2.25 bits per heavy atom. The van der Waals surface area contributed by atoms with Gasteiger partial charge in [-0.3, -0.25) is 0 Å². The molecule has 0 aliphatic rings. The Morgan fingerprint density at radius 1 is 1.44 bits per heavy atom. The average molecular weight is 282 g/mol. The zero-order chi connectivity index (χ0) is 11.5. The zero-order valence-electron chi connectivity index (χ0n) is 9.16. The summed E-state index contributed by atoms with van der Waals surface area (Å²) in [6, 6.07) is 7.76. The summed E-state index contributed by atoms with van der Waals surface area (Å²) < 4.78 is 10.8. The molecule has 0 N–H and O–H groups in total. The van der Waals surface area contributed by atoms with Crippen molar-refractivity contribution >= 4 is 15.9 Å². The van der Waals surface area contributed by atoms with E-state index in [1.54, 1.807) is 7.11 Å². The minimum absolute atomic E-state index is 0.673. The van der Waals surface area contributed by atoms with E-state index in [0.717, 1.165) is 22.8 Å². The summed E-state index contributed by atoms with van der Waals surface area (Å²) in [5.74, 6) is 2.28. The minimum Gasteiger partial charge on any atom is -0.497 e. The fraction of sp³-hybridized carbons (Fsp3) is 0.250. The smallest absolute Gasteiger partial charge is 0.192 e. The van der Waals surface area contributed by atoms with Crippen LogP contribution in [0.25, 0.3) is 11.3 Å². The summed E-state index contributed by atoms with van der Waals surface area (Å²) in [4.78, 5) is 4.31. The normalized spacial score (nSPS) is 10.4. The number of oxazole rings is 1. The highest BCUT2D eigenvalue weighted by molar-refractivity contribution is 9.08. The third-order valence-electron chi connectivity index (χ3n) is 2.26. The number of rotatable bonds is 3. The van der Waals surface area contributed by atoms with Crippen LogP contribution in [0.15, 0.2) is 28.7 Å². The molecular formula is C12H12BrNO2. The quantitative estimate of drug-likeness (QED) is 0.807. The Kier molecular flexibility index (Phi) is 3.29. The second-order valence-electron chi connectivity index (χ2n) is 3.37. The maximum absolute atomic E-state index is 5.59. The maximum atomic E-state index is 5.59. The van der Waals surface area contributed by atoms with Crippen molar-refractivity contribution in [3.05, 3.63) is 35.9 Å². The van der Waals surface area contributed by atoms with E-state index in [1.807, 2.05) is 31.2 Å². The molecule has 0 aliphatic heterocycles. The Hall–Kier alpha value is -1.29. The van der Waals surface area contributed by atoms with Crippen LogP contribution in [0, 0.1) is 6.92 Å². The summed E-state index contributed by atoms with van der Waals surface area (Å²) >= 11 is 3.40. The van der Waals surface area contributed by atoms with Crippen LogP contribution in [0.2, 0.25) is 0 Å². The van der Waals surface area contributed by atoms with E-state index in [9.17, 15) is 0 Å². The topological polar surface area (TPSA) is 35.3 Å². The Bertz CT molecular complexity index is 494. The molecular weight excluding hydrogens is 270 g/mol. The lowest BCUT2D eigenvalue weighted by molar-refractivity contribution is 0.414. The van der Waals surface area contributed by atoms with Crippen molar-refractivity contribution in [2.24, 2.45) is 0 Å². The highest BCUT2D eigenvalue weighted by Crippen LogP contribution is 2.28. The molecule has 0 spiro atoms. The van der Waals surface area contributed by atoms with Gasteiger partial charge < -0.3 is 9.15 Å². The molecule has 0 radical (unpaired) electrons. The molecule has 0 fully saturated rings. The number of ether oxygens (including phenoxy) is 1. The van der Waals surface area contributed by atoms with Gasteiger partial charge in [0, 0.05) is 17.8 Å². The van der Waals surface area contributed by atoms with Crippen molar-refractivity contribution in [3.63, 3.8) is 0 Å². The molecule has 0 bridgehead atoms. The lowest BCUT2D eigenvalue weighted by Gasteiger charge is -2.02. The molecule has 1 aromatic heterocycles. The molecule has 0 atom stereocenters. The molecule has 3 nitrogen and oxygen atoms in total. The van der Waals surface area contributed by atoms with Gasteiger partial charge in [-0.2, -0.15) is 0 Å². The molecule has 16 heavy (non-hydrogen) atoms. The molecule has 1 heterocycles. The van der Waals surface area contributed by atoms with E-state index < -0.39 is 0 Å². The Morgan fingerprint density at radius 3 is 2.94 bits per heavy atom. The zero-order valence-corrected chi connectivity index (χ0v) is 10.7. The molecule has 4 heteroatoms. The van der Waals surface area contributed by atoms with E-state index in [-0.39, 0.29) is 0 Å². The third-order valence-corrected chi connectivity index (χ3v) is 2.79. The van der Waals surface area contributed by atoms with Gasteiger partial charge in [-0.05, 0) is 12.1 Å². The van der Waals surface area contributed by atoms with Crippen LogP contribution < -0.4 is 4.74 Å². The lowest BCUT2D eigenvalue weighted by Crippen LogP contribution is -1.85. The number of benzene rings is 1. The van der Waals surface area contributed by atoms with Gasteiger partial charge in [0.2, 0.25) is 0 Å². The van der Waals surface area contributed by atoms with Gasteiger partial charge in [0.15, 0.2) is 11.7 Å². The van der Waals surface area contributed by atoms with Gasteiger partial charge in [-0.25, -0.2) is 4.98 Å². The van der Waals surface area contributed by atoms with Crippen LogP contribution in [0.1, 0.15) is 11.6 Å². The number of hydrogen-bond donors (Lipinski definition) is 0. The second kappa shape index (κ2) is 4.70. The van der Waals surface area contributed by atoms with E-state index in [4.69, 9.17) is 9.15 Å². The lowest BCUT2D eigenvalue weighted by atomic mass is 10.1. The number of nitrogens with zero attached hydrogens (tertiary/aromatic N) is 1. The first kappa shape index (κ1) is 11.2. The number of methoxy groups -OCH3 is 1. The third kappa shape index (κ3) is 2.11. The van der Waals surface area contributed by atoms with Crippen LogP contribution >= 0.6 is 15.9 Å². The van der Waals surface area contributed by atoms with Gasteiger partial charge in [0.25, 0.3) is 0 Å². The van der Waals surface area contributed by atoms with Gasteiger partial charge in [0.1, 0.15) is 5.75 Å². The summed E-state index contributed by atoms with van der Waals surface area (Å²) in [7, 11) is 1.65. The predicted octanol–water partition coefficient (Wildman–Crippen LogP) is 3.55. The molecule has 0 aliphatic carbocycles. The molecule has 0 unspecified atom stereocenters. The summed E-state index contributed by atoms with van der Waals surface area (Å²) in [5.41, 5.74) is 1.89. The van der Waals surface area contributed by atoms with Crippen LogP contribution in [0.4, 0.5) is 0 Å². The summed E-state index contributed by atoms with van der Waals surface area (Å²) in [5, 5.41) is 0.677. The molecule has 0 saturated carbocycles. The number of hydrogen-bond acceptors (Lipinski definition) is 3. The predicted molar refractivity (Wildman–Crippen MR) is 65.9 cm³/mol. The molecule has 1 aromatic carbocycles. The number of halogens is 1. The highest BCUT2D eigenvalue weighted by atomic mass is 79.9. The van der Waals surface area contributed by atoms with Crippen LogP contribution in [-0.4, -0.2) is 12.1 Å². The standard InChI is InChI=1S/C12H12BrNO2/c1-8-14-11(7-13)12(16-8)9-4-3-5-10(6-9)15-2/h3-6H,7H2,1-2H3. The van der Waals surface area contributed by atoms with Crippen LogP contribution in [0.5, 0.6) is 5.75 Å². The SMILES string of the molecule is COc1cccc(-c2oc(C)nc2CBr)c1. The largest absolute Gasteiger partial charge is 0.497 e. The van der Waals surface area contributed by atoms with Gasteiger partial charge in [-0.15, -0.1) is 0 Å². The molecule has 84 valence electrons. The monoisotopic (exact) mass is 281 g/mol. The van der Waals surface area contributed by atoms with E-state index in [1.165, 1.54) is 0 Å². The van der Waals surface area contributed by atoms with E-state index >= 15 is 0 Å². The highest BCUT2D eigenvalue weighted by Gasteiger charge is 2.12. The second-order valence-corrected chi connectivity index (χ2v) is 3.94. The maximum Gasteiger partial charge on any atom is 0.192 e. The van der Waals surface area contributed by atoms with Crippen LogP contribution in [0.3, 0.4) is 0 Å². The number of alkyl halides is 1. The minimum atomic E-state index is 0.673. The van der Waals surface area contributed by atoms with Crippen molar-refractivity contribution in [1.82, 2.24) is 4.98 Å². The van der Waals surface area contributed by atoms with Gasteiger partial charge in [0.05, 0.1) is 12.8 Å². The van der Waals surface area contributed by atoms with Gasteiger partial charge in [-0.1, -0.05) is 28.1 Å². The van der Waals surface area contributed by atoms with Gasteiger partial charge >= 0.3 is 0 Å². The van der Waals surface area contributed by atoms with E-state index in [0.29, 0.717) is 11.2 Å². The fourth-order valence-electron chi connectivity index (χ4n) is 1.55. The fourth-order valence-corrected chi connectivity index (χ4v) is 1.93. The molecule has 2 aromatic rings. The first-order chi connectivity index (χ1) is 7.74. The molecule has 2 rings (SSSR count). The summed E-state index contributed by atoms with van der Waals surface area (Å²) in [6.45, 7) is 1.84. The van der Waals surface area contributed by atoms with Crippen molar-refractivity contribution in [2.45, 2.75) is 12.3 Å². The Balaban J connectivity index is 2.48. The van der Waals surface area contributed by atoms with Crippen LogP contribution in [-0.2, 0) is 5.33 Å². The van der Waals surface area contributed by atoms with Crippen molar-refractivity contribution in [1.29, 1.82) is 0 Å². The first-order valence-electron chi connectivity index (χ1n) is 4.91. The van der Waals surface area contributed by atoms with Crippen molar-refractivity contribution in [3.8, 4) is 17.1 Å². The average Bonchev–Trinajstić information content (AvgIpc) is 2.70.